The van der Waals surface area contributed by atoms with Gasteiger partial charge in [-0.25, -0.2) is 4.39 Å². The summed E-state index contributed by atoms with van der Waals surface area (Å²) >= 11 is 5.97. The lowest BCUT2D eigenvalue weighted by molar-refractivity contribution is 0.398. The van der Waals surface area contributed by atoms with Gasteiger partial charge in [0.2, 0.25) is 0 Å². The van der Waals surface area contributed by atoms with Crippen LogP contribution in [0.4, 0.5) is 4.39 Å². The van der Waals surface area contributed by atoms with Crippen molar-refractivity contribution in [2.24, 2.45) is 11.3 Å². The molecule has 0 aromatic heterocycles. The number of nitrogens with one attached hydrogen (secondary N) is 1. The van der Waals surface area contributed by atoms with Crippen LogP contribution in [0, 0.1) is 17.2 Å². The zero-order valence-corrected chi connectivity index (χ0v) is 12.7. The molecule has 0 aliphatic heterocycles. The van der Waals surface area contributed by atoms with Crippen molar-refractivity contribution in [2.45, 2.75) is 46.1 Å². The molecule has 2 atom stereocenters. The first kappa shape index (κ1) is 14.8. The summed E-state index contributed by atoms with van der Waals surface area (Å²) in [5.41, 5.74) is 1.12. The molecule has 106 valence electrons. The lowest BCUT2D eigenvalue weighted by Gasteiger charge is -2.21. The van der Waals surface area contributed by atoms with Gasteiger partial charge < -0.3 is 5.32 Å². The summed E-state index contributed by atoms with van der Waals surface area (Å²) < 4.78 is 13.8. The third-order valence-corrected chi connectivity index (χ3v) is 4.41. The molecule has 0 saturated heterocycles. The zero-order chi connectivity index (χ0) is 14.0. The van der Waals surface area contributed by atoms with E-state index in [1.807, 2.05) is 0 Å². The van der Waals surface area contributed by atoms with Gasteiger partial charge in [-0.1, -0.05) is 32.4 Å². The Kier molecular flexibility index (Phi) is 4.52. The Morgan fingerprint density at radius 3 is 2.74 bits per heavy atom. The summed E-state index contributed by atoms with van der Waals surface area (Å²) in [6.45, 7) is 7.71. The van der Waals surface area contributed by atoms with E-state index in [0.717, 1.165) is 24.9 Å². The molecule has 0 radical (unpaired) electrons. The standard InChI is InChI=1S/C16H23ClFN/c1-4-7-19-15(13-10-16(13,2)3)9-11-8-12(17)5-6-14(11)18/h5-6,8,13,15,19H,4,7,9-10H2,1-3H3. The first-order chi connectivity index (χ1) is 8.94. The van der Waals surface area contributed by atoms with Crippen LogP contribution in [-0.4, -0.2) is 12.6 Å². The molecule has 3 heteroatoms. The van der Waals surface area contributed by atoms with E-state index in [0.29, 0.717) is 22.4 Å². The molecule has 2 unspecified atom stereocenters. The van der Waals surface area contributed by atoms with Crippen molar-refractivity contribution < 1.29 is 4.39 Å². The summed E-state index contributed by atoms with van der Waals surface area (Å²) in [4.78, 5) is 0. The van der Waals surface area contributed by atoms with Gasteiger partial charge in [-0.3, -0.25) is 0 Å². The van der Waals surface area contributed by atoms with Gasteiger partial charge in [-0.15, -0.1) is 0 Å². The maximum atomic E-state index is 13.8. The van der Waals surface area contributed by atoms with Crippen molar-refractivity contribution in [3.8, 4) is 0 Å². The monoisotopic (exact) mass is 283 g/mol. The average Bonchev–Trinajstić information content (AvgIpc) is 2.98. The maximum absolute atomic E-state index is 13.8. The zero-order valence-electron chi connectivity index (χ0n) is 12.0. The maximum Gasteiger partial charge on any atom is 0.126 e. The predicted molar refractivity (Wildman–Crippen MR) is 79.1 cm³/mol. The second kappa shape index (κ2) is 5.80. The Bertz CT molecular complexity index is 444. The summed E-state index contributed by atoms with van der Waals surface area (Å²) in [7, 11) is 0. The third-order valence-electron chi connectivity index (χ3n) is 4.18. The summed E-state index contributed by atoms with van der Waals surface area (Å²) in [5, 5.41) is 4.18. The van der Waals surface area contributed by atoms with Crippen LogP contribution in [0.5, 0.6) is 0 Å². The quantitative estimate of drug-likeness (QED) is 0.814. The minimum atomic E-state index is -0.147. The van der Waals surface area contributed by atoms with Gasteiger partial charge >= 0.3 is 0 Å². The molecule has 0 spiro atoms. The molecule has 1 fully saturated rings. The minimum absolute atomic E-state index is 0.147. The first-order valence-electron chi connectivity index (χ1n) is 7.11. The molecular weight excluding hydrogens is 261 g/mol. The van der Waals surface area contributed by atoms with Gasteiger partial charge in [0.25, 0.3) is 0 Å². The second-order valence-corrected chi connectivity index (χ2v) is 6.74. The second-order valence-electron chi connectivity index (χ2n) is 6.30. The lowest BCUT2D eigenvalue weighted by Crippen LogP contribution is -2.35. The topological polar surface area (TPSA) is 12.0 Å². The van der Waals surface area contributed by atoms with Crippen LogP contribution in [0.15, 0.2) is 18.2 Å². The number of halogens is 2. The molecule has 0 bridgehead atoms. The fourth-order valence-corrected chi connectivity index (χ4v) is 3.01. The van der Waals surface area contributed by atoms with Gasteiger partial charge in [-0.2, -0.15) is 0 Å². The molecule has 1 saturated carbocycles. The largest absolute Gasteiger partial charge is 0.313 e. The first-order valence-corrected chi connectivity index (χ1v) is 7.49. The Balaban J connectivity index is 2.09. The Hall–Kier alpha value is -0.600. The van der Waals surface area contributed by atoms with Crippen LogP contribution in [-0.2, 0) is 6.42 Å². The van der Waals surface area contributed by atoms with E-state index in [4.69, 9.17) is 11.6 Å². The normalized spacial score (nSPS) is 22.3. The van der Waals surface area contributed by atoms with Gasteiger partial charge in [0.15, 0.2) is 0 Å². The van der Waals surface area contributed by atoms with Crippen molar-refractivity contribution in [3.05, 3.63) is 34.6 Å². The van der Waals surface area contributed by atoms with Gasteiger partial charge in [0.1, 0.15) is 5.82 Å². The van der Waals surface area contributed by atoms with Crippen molar-refractivity contribution >= 4 is 11.6 Å². The molecule has 1 N–H and O–H groups in total. The molecule has 0 heterocycles. The van der Waals surface area contributed by atoms with Crippen molar-refractivity contribution in [3.63, 3.8) is 0 Å². The number of rotatable bonds is 6. The van der Waals surface area contributed by atoms with E-state index in [2.05, 4.69) is 26.1 Å². The van der Waals surface area contributed by atoms with Crippen LogP contribution in [0.1, 0.15) is 39.2 Å². The van der Waals surface area contributed by atoms with E-state index < -0.39 is 0 Å². The summed E-state index contributed by atoms with van der Waals surface area (Å²) in [5.74, 6) is 0.489. The highest BCUT2D eigenvalue weighted by atomic mass is 35.5. The molecule has 1 aliphatic rings. The Morgan fingerprint density at radius 1 is 1.47 bits per heavy atom. The van der Waals surface area contributed by atoms with E-state index in [1.165, 1.54) is 12.5 Å². The van der Waals surface area contributed by atoms with Gasteiger partial charge in [-0.05, 0) is 60.9 Å². The van der Waals surface area contributed by atoms with E-state index >= 15 is 0 Å². The van der Waals surface area contributed by atoms with Crippen molar-refractivity contribution in [2.75, 3.05) is 6.54 Å². The van der Waals surface area contributed by atoms with Crippen LogP contribution in [0.2, 0.25) is 5.02 Å². The van der Waals surface area contributed by atoms with E-state index in [9.17, 15) is 4.39 Å². The predicted octanol–water partition coefficient (Wildman–Crippen LogP) is 4.44. The number of hydrogen-bond donors (Lipinski definition) is 1. The molecule has 1 nitrogen and oxygen atoms in total. The van der Waals surface area contributed by atoms with E-state index in [1.54, 1.807) is 12.1 Å². The Labute approximate surface area is 120 Å². The van der Waals surface area contributed by atoms with Gasteiger partial charge in [0, 0.05) is 11.1 Å². The van der Waals surface area contributed by atoms with Crippen molar-refractivity contribution in [1.82, 2.24) is 5.32 Å². The SMILES string of the molecule is CCCNC(Cc1cc(Cl)ccc1F)C1CC1(C)C. The molecular formula is C16H23ClFN. The van der Waals surface area contributed by atoms with Gasteiger partial charge in [0.05, 0.1) is 0 Å². The summed E-state index contributed by atoms with van der Waals surface area (Å²) in [6.07, 6.45) is 3.04. The highest BCUT2D eigenvalue weighted by molar-refractivity contribution is 6.30. The average molecular weight is 284 g/mol. The van der Waals surface area contributed by atoms with Crippen LogP contribution in [0.3, 0.4) is 0 Å². The highest BCUT2D eigenvalue weighted by Gasteiger charge is 2.49. The molecule has 2 rings (SSSR count). The van der Waals surface area contributed by atoms with Crippen LogP contribution >= 0.6 is 11.6 Å². The molecule has 0 amide bonds. The van der Waals surface area contributed by atoms with E-state index in [-0.39, 0.29) is 5.82 Å². The fraction of sp³-hybridized carbons (Fsp3) is 0.625. The fourth-order valence-electron chi connectivity index (χ4n) is 2.82. The van der Waals surface area contributed by atoms with Crippen LogP contribution in [0.25, 0.3) is 0 Å². The number of hydrogen-bond acceptors (Lipinski definition) is 1. The minimum Gasteiger partial charge on any atom is -0.313 e. The van der Waals surface area contributed by atoms with Crippen LogP contribution < -0.4 is 5.32 Å². The number of benzene rings is 1. The third kappa shape index (κ3) is 3.70. The Morgan fingerprint density at radius 2 is 2.16 bits per heavy atom. The smallest absolute Gasteiger partial charge is 0.126 e. The lowest BCUT2D eigenvalue weighted by atomic mass is 9.97. The highest BCUT2D eigenvalue weighted by Crippen LogP contribution is 2.54. The molecule has 1 aliphatic carbocycles. The molecule has 1 aromatic carbocycles. The summed E-state index contributed by atoms with van der Waals surface area (Å²) in [6, 6.07) is 5.18. The molecule has 19 heavy (non-hydrogen) atoms. The molecule has 1 aromatic rings. The van der Waals surface area contributed by atoms with Crippen molar-refractivity contribution in [1.29, 1.82) is 0 Å².